The fraction of sp³-hybridized carbons (Fsp3) is 0.509. The summed E-state index contributed by atoms with van der Waals surface area (Å²) in [5, 5.41) is 36.4. The van der Waals surface area contributed by atoms with Crippen LogP contribution in [0.15, 0.2) is 82.5 Å². The number of aliphatic hydroxyl groups excluding tert-OH is 2. The number of aryl methyl sites for hydroxylation is 1. The van der Waals surface area contributed by atoms with E-state index in [1.165, 1.54) is 12.1 Å². The molecule has 6 aromatic rings. The van der Waals surface area contributed by atoms with Crippen LogP contribution in [0, 0.1) is 18.3 Å². The van der Waals surface area contributed by atoms with Crippen molar-refractivity contribution in [3.05, 3.63) is 117 Å². The van der Waals surface area contributed by atoms with Crippen molar-refractivity contribution < 1.29 is 19.4 Å². The maximum Gasteiger partial charge on any atom is 0.282 e. The van der Waals surface area contributed by atoms with Gasteiger partial charge in [-0.3, -0.25) is 24.0 Å². The van der Waals surface area contributed by atoms with Crippen molar-refractivity contribution in [3.8, 4) is 17.0 Å². The molecular formula is C53H65ClN10O5. The molecule has 1 amide bonds. The van der Waals surface area contributed by atoms with E-state index in [1.54, 1.807) is 15.6 Å². The van der Waals surface area contributed by atoms with Crippen LogP contribution in [0.2, 0.25) is 5.02 Å². The molecule has 4 aliphatic rings. The van der Waals surface area contributed by atoms with Gasteiger partial charge in [0.2, 0.25) is 5.91 Å². The van der Waals surface area contributed by atoms with Gasteiger partial charge in [0.25, 0.3) is 5.56 Å². The van der Waals surface area contributed by atoms with E-state index >= 15 is 0 Å². The molecule has 15 nitrogen and oxygen atoms in total. The van der Waals surface area contributed by atoms with Gasteiger partial charge >= 0.3 is 0 Å². The molecule has 2 saturated heterocycles. The van der Waals surface area contributed by atoms with E-state index in [-0.39, 0.29) is 36.4 Å². The summed E-state index contributed by atoms with van der Waals surface area (Å²) >= 11 is 6.54. The Labute approximate surface area is 408 Å². The zero-order chi connectivity index (χ0) is 48.5. The SMILES string of the molecule is Cc1ncoc1-c1ccc([C@H](C)NC(=O)[C@@H]2C[C@@H](O)CN2C(O)[C@@H](n2cc(C3CCC(CN4CCN(c5ccc6c(c5)-n5c(nc(=O)c7c(Cl)cccc75)C6(C)C)CC4)CC3)nn2)C(C)(C)C)cc1. The molecule has 5 atom stereocenters. The van der Waals surface area contributed by atoms with E-state index in [4.69, 9.17) is 21.1 Å². The van der Waals surface area contributed by atoms with E-state index in [2.05, 4.69) is 87.7 Å². The lowest BCUT2D eigenvalue weighted by Gasteiger charge is -2.40. The normalized spacial score (nSPS) is 23.2. The second-order valence-electron chi connectivity index (χ2n) is 21.6. The summed E-state index contributed by atoms with van der Waals surface area (Å²) in [4.78, 5) is 42.6. The Kier molecular flexibility index (Phi) is 12.6. The quantitative estimate of drug-likeness (QED) is 0.117. The lowest BCUT2D eigenvalue weighted by molar-refractivity contribution is -0.134. The van der Waals surface area contributed by atoms with Gasteiger partial charge < -0.3 is 24.8 Å². The number of hydrogen-bond donors (Lipinski definition) is 3. The molecule has 10 rings (SSSR count). The molecular weight excluding hydrogens is 892 g/mol. The van der Waals surface area contributed by atoms with E-state index < -0.39 is 35.2 Å². The molecule has 0 radical (unpaired) electrons. The summed E-state index contributed by atoms with van der Waals surface area (Å²) in [6, 6.07) is 18.6. The van der Waals surface area contributed by atoms with Crippen LogP contribution >= 0.6 is 11.6 Å². The minimum atomic E-state index is -1.10. The van der Waals surface area contributed by atoms with Crippen LogP contribution in [0.5, 0.6) is 0 Å². The average molecular weight is 958 g/mol. The third kappa shape index (κ3) is 8.90. The Balaban J connectivity index is 0.741. The standard InChI is InChI=1S/C53H65ClN10O5/c1-31(34-15-17-36(18-16-34)46-32(2)55-30-69-46)56-48(66)44-26-38(65)28-62(44)50(68)47(52(3,4)5)63-29-41(58-59-63)35-13-11-33(12-14-35)27-60-21-23-61(24-22-60)37-19-20-39-43(25-37)64-42-10-8-9-40(54)45(42)49(67)57-51(64)53(39,6)7/h8-10,15-20,25,29-31,33,35,38,44,47,50,65,68H,11-14,21-24,26-28H2,1-7H3,(H,56,66)/t31-,33?,35?,38+,44-,47+,50?/m0/s1. The van der Waals surface area contributed by atoms with Gasteiger partial charge in [-0.25, -0.2) is 9.67 Å². The van der Waals surface area contributed by atoms with Crippen molar-refractivity contribution in [2.75, 3.05) is 44.2 Å². The number of rotatable bonds is 11. The zero-order valence-corrected chi connectivity index (χ0v) is 41.5. The fourth-order valence-corrected chi connectivity index (χ4v) is 11.9. The first kappa shape index (κ1) is 47.2. The molecule has 1 aliphatic carbocycles. The first-order valence-corrected chi connectivity index (χ1v) is 25.0. The molecule has 3 N–H and O–H groups in total. The number of aromatic nitrogens is 6. The number of carbonyl (C=O) groups is 1. The van der Waals surface area contributed by atoms with Crippen molar-refractivity contribution in [1.29, 1.82) is 0 Å². The zero-order valence-electron chi connectivity index (χ0n) is 40.8. The van der Waals surface area contributed by atoms with Crippen LogP contribution in [0.1, 0.15) is 120 Å². The molecule has 69 heavy (non-hydrogen) atoms. The Morgan fingerprint density at radius 2 is 1.75 bits per heavy atom. The topological polar surface area (TPSA) is 171 Å². The van der Waals surface area contributed by atoms with E-state index in [0.29, 0.717) is 22.1 Å². The molecule has 0 spiro atoms. The van der Waals surface area contributed by atoms with Crippen LogP contribution in [0.3, 0.4) is 0 Å². The minimum Gasteiger partial charge on any atom is -0.443 e. The molecule has 16 heteroatoms. The number of amides is 1. The predicted molar refractivity (Wildman–Crippen MR) is 267 cm³/mol. The first-order chi connectivity index (χ1) is 33.0. The molecule has 3 aromatic heterocycles. The van der Waals surface area contributed by atoms with E-state index in [1.807, 2.05) is 56.4 Å². The predicted octanol–water partition coefficient (Wildman–Crippen LogP) is 7.55. The van der Waals surface area contributed by atoms with Gasteiger partial charge in [-0.05, 0) is 107 Å². The monoisotopic (exact) mass is 956 g/mol. The number of oxazole rings is 1. The number of nitrogens with one attached hydrogen (secondary N) is 1. The largest absolute Gasteiger partial charge is 0.443 e. The van der Waals surface area contributed by atoms with Crippen molar-refractivity contribution >= 4 is 34.1 Å². The van der Waals surface area contributed by atoms with Crippen LogP contribution in [-0.4, -0.2) is 113 Å². The Morgan fingerprint density at radius 1 is 1.01 bits per heavy atom. The maximum atomic E-state index is 13.9. The van der Waals surface area contributed by atoms with Gasteiger partial charge in [0.15, 0.2) is 12.2 Å². The summed E-state index contributed by atoms with van der Waals surface area (Å²) in [6.07, 6.45) is 6.09. The van der Waals surface area contributed by atoms with Crippen molar-refractivity contribution in [3.63, 3.8) is 0 Å². The van der Waals surface area contributed by atoms with Crippen LogP contribution in [-0.2, 0) is 10.2 Å². The summed E-state index contributed by atoms with van der Waals surface area (Å²) in [6.45, 7) is 19.4. The number of halogens is 1. The lowest BCUT2D eigenvalue weighted by atomic mass is 9.80. The number of benzene rings is 3. The van der Waals surface area contributed by atoms with Crippen molar-refractivity contribution in [2.24, 2.45) is 11.3 Å². The average Bonchev–Trinajstić information content (AvgIpc) is 4.12. The number of anilines is 1. The second kappa shape index (κ2) is 18.4. The number of fused-ring (bicyclic) bond motifs is 5. The number of piperazine rings is 1. The molecule has 3 fully saturated rings. The van der Waals surface area contributed by atoms with E-state index in [0.717, 1.165) is 104 Å². The molecule has 3 aromatic carbocycles. The number of aliphatic hydroxyl groups is 2. The highest BCUT2D eigenvalue weighted by Crippen LogP contribution is 2.45. The number of nitrogens with zero attached hydrogens (tertiary/aromatic N) is 9. The highest BCUT2D eigenvalue weighted by atomic mass is 35.5. The van der Waals surface area contributed by atoms with Gasteiger partial charge in [0.05, 0.1) is 62.6 Å². The first-order valence-electron chi connectivity index (χ1n) is 24.6. The third-order valence-electron chi connectivity index (χ3n) is 15.6. The van der Waals surface area contributed by atoms with Crippen molar-refractivity contribution in [1.82, 2.24) is 44.6 Å². The molecule has 6 heterocycles. The number of likely N-dealkylation sites (tertiary alicyclic amines) is 1. The van der Waals surface area contributed by atoms with Gasteiger partial charge in [-0.1, -0.05) is 74.0 Å². The smallest absolute Gasteiger partial charge is 0.282 e. The fourth-order valence-electron chi connectivity index (χ4n) is 11.7. The highest BCUT2D eigenvalue weighted by molar-refractivity contribution is 6.35. The summed E-state index contributed by atoms with van der Waals surface area (Å²) in [5.41, 5.74) is 6.59. The Morgan fingerprint density at radius 3 is 2.45 bits per heavy atom. The molecule has 364 valence electrons. The summed E-state index contributed by atoms with van der Waals surface area (Å²) < 4.78 is 9.47. The molecule has 1 unspecified atom stereocenters. The second-order valence-corrected chi connectivity index (χ2v) is 22.0. The Hall–Kier alpha value is -5.45. The van der Waals surface area contributed by atoms with Gasteiger partial charge in [0.1, 0.15) is 12.1 Å². The van der Waals surface area contributed by atoms with Gasteiger partial charge in [-0.2, -0.15) is 4.98 Å². The van der Waals surface area contributed by atoms with Gasteiger partial charge in [0, 0.05) is 62.6 Å². The lowest BCUT2D eigenvalue weighted by Crippen LogP contribution is -2.53. The van der Waals surface area contributed by atoms with Gasteiger partial charge in [-0.15, -0.1) is 5.10 Å². The maximum absolute atomic E-state index is 13.9. The molecule has 0 bridgehead atoms. The third-order valence-corrected chi connectivity index (χ3v) is 15.9. The van der Waals surface area contributed by atoms with Crippen LogP contribution < -0.4 is 15.8 Å². The summed E-state index contributed by atoms with van der Waals surface area (Å²) in [5.74, 6) is 2.10. The van der Waals surface area contributed by atoms with Crippen LogP contribution in [0.25, 0.3) is 27.9 Å². The Bertz CT molecular complexity index is 2910. The number of β-amino-alcohol motifs (C(OH)–C–C–N with tert-alkyl or cyclic N) is 1. The van der Waals surface area contributed by atoms with Crippen molar-refractivity contribution in [2.45, 2.75) is 122 Å². The van der Waals surface area contributed by atoms with Crippen LogP contribution in [0.4, 0.5) is 5.69 Å². The molecule has 3 aliphatic heterocycles. The summed E-state index contributed by atoms with van der Waals surface area (Å²) in [7, 11) is 0. The number of hydrogen-bond acceptors (Lipinski definition) is 12. The number of carbonyl (C=O) groups excluding carboxylic acids is 1. The molecule has 1 saturated carbocycles. The highest BCUT2D eigenvalue weighted by Gasteiger charge is 2.46. The minimum absolute atomic E-state index is 0.170. The van der Waals surface area contributed by atoms with E-state index in [9.17, 15) is 19.8 Å².